The first-order valence-corrected chi connectivity index (χ1v) is 8.05. The maximum Gasteiger partial charge on any atom is 0.152 e. The van der Waals surface area contributed by atoms with Crippen molar-refractivity contribution >= 4 is 17.3 Å². The Bertz CT molecular complexity index is 558. The van der Waals surface area contributed by atoms with Gasteiger partial charge in [-0.1, -0.05) is 50.9 Å². The number of nitrogens with zero attached hydrogens (tertiary/aromatic N) is 1. The molecule has 1 aromatic heterocycles. The standard InChI is InChI=1S/C17H24ClN3/c1-4-5-6-16-20-15(17(18)21-16)11-19-14-9-7-13(8-10-14)12(2)3/h7-10,12,19H,4-6,11H2,1-3H3,(H,20,21). The van der Waals surface area contributed by atoms with Gasteiger partial charge in [0.15, 0.2) is 5.15 Å². The Kier molecular flexibility index (Phi) is 5.68. The average Bonchev–Trinajstić information content (AvgIpc) is 2.83. The summed E-state index contributed by atoms with van der Waals surface area (Å²) < 4.78 is 0. The molecule has 1 heterocycles. The molecule has 2 aromatic rings. The van der Waals surface area contributed by atoms with Crippen LogP contribution in [0.3, 0.4) is 0 Å². The summed E-state index contributed by atoms with van der Waals surface area (Å²) in [5.74, 6) is 1.54. The Morgan fingerprint density at radius 3 is 2.57 bits per heavy atom. The monoisotopic (exact) mass is 305 g/mol. The van der Waals surface area contributed by atoms with Gasteiger partial charge in [-0.2, -0.15) is 0 Å². The third kappa shape index (κ3) is 4.50. The van der Waals surface area contributed by atoms with Gasteiger partial charge in [-0.05, 0) is 30.0 Å². The zero-order valence-electron chi connectivity index (χ0n) is 13.0. The number of hydrogen-bond acceptors (Lipinski definition) is 2. The van der Waals surface area contributed by atoms with E-state index in [1.807, 2.05) is 0 Å². The molecule has 3 nitrogen and oxygen atoms in total. The van der Waals surface area contributed by atoms with Gasteiger partial charge in [0.05, 0.1) is 12.2 Å². The van der Waals surface area contributed by atoms with Crippen molar-refractivity contribution in [3.63, 3.8) is 0 Å². The quantitative estimate of drug-likeness (QED) is 0.743. The zero-order chi connectivity index (χ0) is 15.2. The van der Waals surface area contributed by atoms with Crippen LogP contribution in [0, 0.1) is 0 Å². The Morgan fingerprint density at radius 2 is 1.95 bits per heavy atom. The van der Waals surface area contributed by atoms with Gasteiger partial charge in [-0.25, -0.2) is 4.98 Å². The molecule has 0 amide bonds. The predicted octanol–water partition coefficient (Wildman–Crippen LogP) is 5.14. The van der Waals surface area contributed by atoms with E-state index < -0.39 is 0 Å². The van der Waals surface area contributed by atoms with Crippen LogP contribution in [0.2, 0.25) is 5.15 Å². The topological polar surface area (TPSA) is 40.7 Å². The average molecular weight is 306 g/mol. The summed E-state index contributed by atoms with van der Waals surface area (Å²) in [4.78, 5) is 7.68. The summed E-state index contributed by atoms with van der Waals surface area (Å²) >= 11 is 6.17. The van der Waals surface area contributed by atoms with Gasteiger partial charge in [0.2, 0.25) is 0 Å². The Labute approximate surface area is 132 Å². The molecule has 2 N–H and O–H groups in total. The Morgan fingerprint density at radius 1 is 1.24 bits per heavy atom. The Balaban J connectivity index is 1.94. The smallest absolute Gasteiger partial charge is 0.152 e. The SMILES string of the molecule is CCCCc1nc(Cl)c(CNc2ccc(C(C)C)cc2)[nH]1. The summed E-state index contributed by atoms with van der Waals surface area (Å²) in [6.45, 7) is 7.24. The summed E-state index contributed by atoms with van der Waals surface area (Å²) in [6, 6.07) is 8.54. The number of benzene rings is 1. The number of halogens is 1. The maximum atomic E-state index is 6.17. The minimum absolute atomic E-state index is 0.558. The fraction of sp³-hybridized carbons (Fsp3) is 0.471. The van der Waals surface area contributed by atoms with Gasteiger partial charge in [0, 0.05) is 12.1 Å². The van der Waals surface area contributed by atoms with Crippen LogP contribution in [0.15, 0.2) is 24.3 Å². The third-order valence-electron chi connectivity index (χ3n) is 3.59. The highest BCUT2D eigenvalue weighted by Gasteiger charge is 2.08. The van der Waals surface area contributed by atoms with E-state index in [-0.39, 0.29) is 0 Å². The number of H-pyrrole nitrogens is 1. The lowest BCUT2D eigenvalue weighted by molar-refractivity contribution is 0.760. The van der Waals surface area contributed by atoms with Crippen LogP contribution in [-0.4, -0.2) is 9.97 Å². The van der Waals surface area contributed by atoms with Gasteiger partial charge in [-0.3, -0.25) is 0 Å². The summed E-state index contributed by atoms with van der Waals surface area (Å²) in [6.07, 6.45) is 3.25. The fourth-order valence-corrected chi connectivity index (χ4v) is 2.41. The van der Waals surface area contributed by atoms with E-state index in [2.05, 4.69) is 60.3 Å². The lowest BCUT2D eigenvalue weighted by atomic mass is 10.0. The van der Waals surface area contributed by atoms with Crippen molar-refractivity contribution in [1.82, 2.24) is 9.97 Å². The first-order valence-electron chi connectivity index (χ1n) is 7.67. The molecule has 0 aliphatic rings. The number of hydrogen-bond donors (Lipinski definition) is 2. The van der Waals surface area contributed by atoms with Gasteiger partial charge in [0.25, 0.3) is 0 Å². The molecular weight excluding hydrogens is 282 g/mol. The number of aromatic amines is 1. The molecule has 0 aliphatic carbocycles. The van der Waals surface area contributed by atoms with Crippen LogP contribution >= 0.6 is 11.6 Å². The minimum Gasteiger partial charge on any atom is -0.379 e. The molecule has 0 saturated carbocycles. The molecule has 0 spiro atoms. The summed E-state index contributed by atoms with van der Waals surface area (Å²) in [7, 11) is 0. The molecule has 0 radical (unpaired) electrons. The van der Waals surface area contributed by atoms with Crippen molar-refractivity contribution in [3.8, 4) is 0 Å². The molecule has 0 unspecified atom stereocenters. The number of nitrogens with one attached hydrogen (secondary N) is 2. The third-order valence-corrected chi connectivity index (χ3v) is 3.90. The second-order valence-corrected chi connectivity index (χ2v) is 6.04. The number of anilines is 1. The molecule has 0 saturated heterocycles. The number of rotatable bonds is 7. The van der Waals surface area contributed by atoms with Crippen LogP contribution in [-0.2, 0) is 13.0 Å². The van der Waals surface area contributed by atoms with Crippen LogP contribution in [0.4, 0.5) is 5.69 Å². The van der Waals surface area contributed by atoms with Crippen molar-refractivity contribution in [2.24, 2.45) is 0 Å². The normalized spacial score (nSPS) is 11.1. The molecular formula is C17H24ClN3. The first kappa shape index (κ1) is 15.9. The fourth-order valence-electron chi connectivity index (χ4n) is 2.20. The van der Waals surface area contributed by atoms with Crippen LogP contribution in [0.1, 0.15) is 56.6 Å². The van der Waals surface area contributed by atoms with Crippen molar-refractivity contribution in [3.05, 3.63) is 46.5 Å². The van der Waals surface area contributed by atoms with Crippen molar-refractivity contribution in [2.75, 3.05) is 5.32 Å². The molecule has 0 bridgehead atoms. The van der Waals surface area contributed by atoms with E-state index in [1.54, 1.807) is 0 Å². The van der Waals surface area contributed by atoms with Crippen molar-refractivity contribution in [1.29, 1.82) is 0 Å². The largest absolute Gasteiger partial charge is 0.379 e. The predicted molar refractivity (Wildman–Crippen MR) is 90.1 cm³/mol. The molecule has 0 fully saturated rings. The highest BCUT2D eigenvalue weighted by atomic mass is 35.5. The number of aryl methyl sites for hydroxylation is 1. The van der Waals surface area contributed by atoms with Crippen LogP contribution in [0.5, 0.6) is 0 Å². The van der Waals surface area contributed by atoms with Crippen LogP contribution < -0.4 is 5.32 Å². The molecule has 4 heteroatoms. The van der Waals surface area contributed by atoms with E-state index >= 15 is 0 Å². The Hall–Kier alpha value is -1.48. The highest BCUT2D eigenvalue weighted by molar-refractivity contribution is 6.30. The van der Waals surface area contributed by atoms with E-state index in [4.69, 9.17) is 11.6 Å². The molecule has 21 heavy (non-hydrogen) atoms. The summed E-state index contributed by atoms with van der Waals surface area (Å²) in [5, 5.41) is 3.96. The van der Waals surface area contributed by atoms with Crippen LogP contribution in [0.25, 0.3) is 0 Å². The lowest BCUT2D eigenvalue weighted by Gasteiger charge is -2.08. The number of aromatic nitrogens is 2. The first-order chi connectivity index (χ1) is 10.1. The molecule has 2 rings (SSSR count). The van der Waals surface area contributed by atoms with E-state index in [0.717, 1.165) is 36.5 Å². The van der Waals surface area contributed by atoms with Crippen molar-refractivity contribution in [2.45, 2.75) is 52.5 Å². The molecule has 114 valence electrons. The zero-order valence-corrected chi connectivity index (χ0v) is 13.8. The van der Waals surface area contributed by atoms with E-state index in [0.29, 0.717) is 17.6 Å². The second-order valence-electron chi connectivity index (χ2n) is 5.69. The minimum atomic E-state index is 0.558. The van der Waals surface area contributed by atoms with Gasteiger partial charge in [-0.15, -0.1) is 0 Å². The van der Waals surface area contributed by atoms with Gasteiger partial charge < -0.3 is 10.3 Å². The lowest BCUT2D eigenvalue weighted by Crippen LogP contribution is -2.01. The van der Waals surface area contributed by atoms with E-state index in [1.165, 1.54) is 5.56 Å². The van der Waals surface area contributed by atoms with Gasteiger partial charge in [0.1, 0.15) is 5.82 Å². The molecule has 0 aliphatic heterocycles. The number of imidazole rings is 1. The summed E-state index contributed by atoms with van der Waals surface area (Å²) in [5.41, 5.74) is 3.40. The second kappa shape index (κ2) is 7.51. The van der Waals surface area contributed by atoms with E-state index in [9.17, 15) is 0 Å². The number of unbranched alkanes of at least 4 members (excludes halogenated alkanes) is 1. The maximum absolute atomic E-state index is 6.17. The molecule has 1 aromatic carbocycles. The highest BCUT2D eigenvalue weighted by Crippen LogP contribution is 2.19. The molecule has 0 atom stereocenters. The van der Waals surface area contributed by atoms with Gasteiger partial charge >= 0.3 is 0 Å². The van der Waals surface area contributed by atoms with Crippen molar-refractivity contribution < 1.29 is 0 Å².